The number of anilines is 1. The molecule has 0 radical (unpaired) electrons. The van der Waals surface area contributed by atoms with Gasteiger partial charge in [0.2, 0.25) is 0 Å². The molecule has 92 valence electrons. The summed E-state index contributed by atoms with van der Waals surface area (Å²) in [7, 11) is 0. The van der Waals surface area contributed by atoms with E-state index in [1.54, 1.807) is 0 Å². The molecule has 0 fully saturated rings. The van der Waals surface area contributed by atoms with Gasteiger partial charge in [0.05, 0.1) is 6.42 Å². The maximum absolute atomic E-state index is 10.9. The number of nitrogens with two attached hydrogens (primary N) is 1. The molecular weight excluding hydrogens is 226 g/mol. The van der Waals surface area contributed by atoms with Gasteiger partial charge < -0.3 is 10.8 Å². The van der Waals surface area contributed by atoms with E-state index in [1.165, 1.54) is 0 Å². The van der Waals surface area contributed by atoms with Crippen LogP contribution >= 0.6 is 0 Å². The predicted molar refractivity (Wildman–Crippen MR) is 72.4 cm³/mol. The van der Waals surface area contributed by atoms with E-state index in [1.807, 2.05) is 49.4 Å². The van der Waals surface area contributed by atoms with Gasteiger partial charge in [-0.25, -0.2) is 0 Å². The van der Waals surface area contributed by atoms with Crippen LogP contribution in [0, 0.1) is 6.92 Å². The summed E-state index contributed by atoms with van der Waals surface area (Å²) in [4.78, 5) is 10.9. The maximum Gasteiger partial charge on any atom is 0.307 e. The van der Waals surface area contributed by atoms with E-state index < -0.39 is 5.97 Å². The zero-order valence-electron chi connectivity index (χ0n) is 10.2. The van der Waals surface area contributed by atoms with Gasteiger partial charge in [-0.05, 0) is 23.6 Å². The van der Waals surface area contributed by atoms with Gasteiger partial charge in [-0.3, -0.25) is 4.79 Å². The number of aliphatic carboxylic acids is 1. The van der Waals surface area contributed by atoms with Crippen LogP contribution in [-0.2, 0) is 11.2 Å². The molecule has 0 spiro atoms. The van der Waals surface area contributed by atoms with E-state index in [4.69, 9.17) is 10.8 Å². The van der Waals surface area contributed by atoms with Crippen LogP contribution in [-0.4, -0.2) is 11.1 Å². The van der Waals surface area contributed by atoms with E-state index in [9.17, 15) is 4.79 Å². The lowest BCUT2D eigenvalue weighted by Crippen LogP contribution is -2.05. The zero-order chi connectivity index (χ0) is 13.1. The molecule has 0 heterocycles. The lowest BCUT2D eigenvalue weighted by atomic mass is 9.93. The van der Waals surface area contributed by atoms with Crippen LogP contribution in [0.15, 0.2) is 42.5 Å². The summed E-state index contributed by atoms with van der Waals surface area (Å²) >= 11 is 0. The molecule has 0 saturated heterocycles. The second-order valence-corrected chi connectivity index (χ2v) is 4.27. The summed E-state index contributed by atoms with van der Waals surface area (Å²) in [6.45, 7) is 1.92. The first-order valence-corrected chi connectivity index (χ1v) is 5.74. The highest BCUT2D eigenvalue weighted by atomic mass is 16.4. The Morgan fingerprint density at radius 2 is 1.83 bits per heavy atom. The molecule has 2 aromatic rings. The van der Waals surface area contributed by atoms with E-state index in [0.29, 0.717) is 5.69 Å². The fourth-order valence-electron chi connectivity index (χ4n) is 2.02. The van der Waals surface area contributed by atoms with Crippen LogP contribution in [0.2, 0.25) is 0 Å². The number of nitrogen functional groups attached to an aromatic ring is 1. The van der Waals surface area contributed by atoms with Gasteiger partial charge >= 0.3 is 5.97 Å². The van der Waals surface area contributed by atoms with Crippen molar-refractivity contribution in [2.45, 2.75) is 13.3 Å². The van der Waals surface area contributed by atoms with E-state index in [0.717, 1.165) is 22.3 Å². The summed E-state index contributed by atoms with van der Waals surface area (Å²) in [5.41, 5.74) is 10.2. The Kier molecular flexibility index (Phi) is 3.33. The Balaban J connectivity index is 2.62. The topological polar surface area (TPSA) is 63.3 Å². The van der Waals surface area contributed by atoms with Crippen molar-refractivity contribution in [3.8, 4) is 11.1 Å². The van der Waals surface area contributed by atoms with Gasteiger partial charge in [0.15, 0.2) is 0 Å². The number of hydrogen-bond donors (Lipinski definition) is 2. The molecule has 3 heteroatoms. The largest absolute Gasteiger partial charge is 0.481 e. The van der Waals surface area contributed by atoms with Gasteiger partial charge in [0.1, 0.15) is 0 Å². The first kappa shape index (κ1) is 12.2. The van der Waals surface area contributed by atoms with Crippen LogP contribution < -0.4 is 5.73 Å². The molecule has 2 rings (SSSR count). The number of carbonyl (C=O) groups is 1. The highest BCUT2D eigenvalue weighted by Crippen LogP contribution is 2.32. The molecule has 0 bridgehead atoms. The molecule has 3 nitrogen and oxygen atoms in total. The molecule has 0 amide bonds. The molecule has 0 aliphatic rings. The average Bonchev–Trinajstić information content (AvgIpc) is 2.35. The Morgan fingerprint density at radius 3 is 2.44 bits per heavy atom. The second kappa shape index (κ2) is 4.92. The second-order valence-electron chi connectivity index (χ2n) is 4.27. The molecule has 0 aromatic heterocycles. The number of rotatable bonds is 3. The van der Waals surface area contributed by atoms with Crippen LogP contribution in [0.4, 0.5) is 5.69 Å². The van der Waals surface area contributed by atoms with Crippen LogP contribution in [0.3, 0.4) is 0 Å². The Morgan fingerprint density at radius 1 is 1.17 bits per heavy atom. The first-order valence-electron chi connectivity index (χ1n) is 5.74. The van der Waals surface area contributed by atoms with Gasteiger partial charge in [-0.15, -0.1) is 0 Å². The van der Waals surface area contributed by atoms with Crippen molar-refractivity contribution < 1.29 is 9.90 Å². The number of carboxylic acids is 1. The lowest BCUT2D eigenvalue weighted by Gasteiger charge is -2.13. The Bertz CT molecular complexity index is 577. The number of benzene rings is 2. The normalized spacial score (nSPS) is 10.3. The summed E-state index contributed by atoms with van der Waals surface area (Å²) in [6, 6.07) is 13.3. The molecule has 0 saturated carbocycles. The molecular formula is C15H15NO2. The minimum Gasteiger partial charge on any atom is -0.481 e. The minimum atomic E-state index is -0.851. The van der Waals surface area contributed by atoms with Crippen LogP contribution in [0.5, 0.6) is 0 Å². The van der Waals surface area contributed by atoms with Crippen molar-refractivity contribution in [1.82, 2.24) is 0 Å². The summed E-state index contributed by atoms with van der Waals surface area (Å²) in [5, 5.41) is 8.96. The zero-order valence-corrected chi connectivity index (χ0v) is 10.2. The molecule has 3 N–H and O–H groups in total. The van der Waals surface area contributed by atoms with Gasteiger partial charge in [0, 0.05) is 11.3 Å². The molecule has 18 heavy (non-hydrogen) atoms. The van der Waals surface area contributed by atoms with E-state index in [-0.39, 0.29) is 6.42 Å². The van der Waals surface area contributed by atoms with Gasteiger partial charge in [-0.2, -0.15) is 0 Å². The minimum absolute atomic E-state index is 0.0191. The third kappa shape index (κ3) is 2.35. The smallest absolute Gasteiger partial charge is 0.307 e. The Labute approximate surface area is 106 Å². The number of hydrogen-bond acceptors (Lipinski definition) is 2. The fourth-order valence-corrected chi connectivity index (χ4v) is 2.02. The van der Waals surface area contributed by atoms with Crippen molar-refractivity contribution in [2.24, 2.45) is 0 Å². The Hall–Kier alpha value is -2.29. The lowest BCUT2D eigenvalue weighted by molar-refractivity contribution is -0.136. The SMILES string of the molecule is Cc1ccc(CC(=O)O)c(-c2ccccc2)c1N. The van der Waals surface area contributed by atoms with Gasteiger partial charge in [-0.1, -0.05) is 42.5 Å². The highest BCUT2D eigenvalue weighted by Gasteiger charge is 2.13. The monoisotopic (exact) mass is 241 g/mol. The van der Waals surface area contributed by atoms with Gasteiger partial charge in [0.25, 0.3) is 0 Å². The highest BCUT2D eigenvalue weighted by molar-refractivity contribution is 5.84. The third-order valence-corrected chi connectivity index (χ3v) is 2.95. The van der Waals surface area contributed by atoms with Crippen LogP contribution in [0.1, 0.15) is 11.1 Å². The van der Waals surface area contributed by atoms with E-state index in [2.05, 4.69) is 0 Å². The molecule has 0 atom stereocenters. The summed E-state index contributed by atoms with van der Waals surface area (Å²) in [5.74, 6) is -0.851. The van der Waals surface area contributed by atoms with E-state index >= 15 is 0 Å². The summed E-state index contributed by atoms with van der Waals surface area (Å²) in [6.07, 6.45) is -0.0191. The fraction of sp³-hybridized carbons (Fsp3) is 0.133. The maximum atomic E-state index is 10.9. The third-order valence-electron chi connectivity index (χ3n) is 2.95. The van der Waals surface area contributed by atoms with Crippen molar-refractivity contribution >= 4 is 11.7 Å². The molecule has 0 aliphatic heterocycles. The van der Waals surface area contributed by atoms with Crippen molar-refractivity contribution in [2.75, 3.05) is 5.73 Å². The van der Waals surface area contributed by atoms with Crippen LogP contribution in [0.25, 0.3) is 11.1 Å². The predicted octanol–water partition coefficient (Wildman–Crippen LogP) is 2.87. The first-order chi connectivity index (χ1) is 8.59. The van der Waals surface area contributed by atoms with Crippen molar-refractivity contribution in [1.29, 1.82) is 0 Å². The molecule has 2 aromatic carbocycles. The number of carboxylic acid groups (broad SMARTS) is 1. The average molecular weight is 241 g/mol. The quantitative estimate of drug-likeness (QED) is 0.812. The number of aryl methyl sites for hydroxylation is 1. The molecule has 0 aliphatic carbocycles. The standard InChI is InChI=1S/C15H15NO2/c1-10-7-8-12(9-13(17)18)14(15(10)16)11-5-3-2-4-6-11/h2-8H,9,16H2,1H3,(H,17,18). The summed E-state index contributed by atoms with van der Waals surface area (Å²) < 4.78 is 0. The molecule has 0 unspecified atom stereocenters. The van der Waals surface area contributed by atoms with Crippen molar-refractivity contribution in [3.63, 3.8) is 0 Å². The van der Waals surface area contributed by atoms with Crippen molar-refractivity contribution in [3.05, 3.63) is 53.6 Å².